The van der Waals surface area contributed by atoms with Crippen molar-refractivity contribution in [2.75, 3.05) is 19.7 Å². The molecule has 0 spiro atoms. The third-order valence-electron chi connectivity index (χ3n) is 5.73. The molecule has 3 aromatic rings. The zero-order valence-corrected chi connectivity index (χ0v) is 17.1. The van der Waals surface area contributed by atoms with Crippen LogP contribution in [0, 0.1) is 0 Å². The van der Waals surface area contributed by atoms with E-state index >= 15 is 0 Å². The molecule has 4 N–H and O–H groups in total. The molecular formula is C25H29N3O2+2. The van der Waals surface area contributed by atoms with Gasteiger partial charge >= 0.3 is 0 Å². The molecule has 2 unspecified atom stereocenters. The van der Waals surface area contributed by atoms with Crippen LogP contribution in [0.1, 0.15) is 22.9 Å². The Morgan fingerprint density at radius 1 is 0.800 bits per heavy atom. The summed E-state index contributed by atoms with van der Waals surface area (Å²) in [6.07, 6.45) is 0.343. The first-order valence-electron chi connectivity index (χ1n) is 10.5. The summed E-state index contributed by atoms with van der Waals surface area (Å²) in [5, 5.41) is 0. The van der Waals surface area contributed by atoms with Crippen LogP contribution in [0.15, 0.2) is 84.9 Å². The molecule has 5 nitrogen and oxygen atoms in total. The van der Waals surface area contributed by atoms with Crippen LogP contribution < -0.4 is 20.3 Å². The van der Waals surface area contributed by atoms with Crippen molar-refractivity contribution in [2.45, 2.75) is 19.3 Å². The maximum absolute atomic E-state index is 11.0. The number of quaternary nitrogens is 2. The van der Waals surface area contributed by atoms with E-state index in [4.69, 9.17) is 10.5 Å². The van der Waals surface area contributed by atoms with Crippen molar-refractivity contribution >= 4 is 5.91 Å². The van der Waals surface area contributed by atoms with Crippen LogP contribution in [0.3, 0.4) is 0 Å². The Bertz CT molecular complexity index is 896. The minimum absolute atomic E-state index is 0.0977. The Labute approximate surface area is 177 Å². The smallest absolute Gasteiger partial charge is 0.255 e. The van der Waals surface area contributed by atoms with E-state index in [-0.39, 0.29) is 6.61 Å². The van der Waals surface area contributed by atoms with Gasteiger partial charge in [0.05, 0.1) is 5.56 Å². The number of hydrogen-bond acceptors (Lipinski definition) is 2. The summed E-state index contributed by atoms with van der Waals surface area (Å²) in [6, 6.07) is 29.5. The Hall–Kier alpha value is -3.15. The summed E-state index contributed by atoms with van der Waals surface area (Å²) in [5.41, 5.74) is 9.19. The third kappa shape index (κ3) is 5.06. The van der Waals surface area contributed by atoms with Gasteiger partial charge in [-0.25, -0.2) is 0 Å². The fourth-order valence-corrected chi connectivity index (χ4v) is 4.38. The van der Waals surface area contributed by atoms with E-state index in [1.54, 1.807) is 9.80 Å². The second-order valence-corrected chi connectivity index (χ2v) is 7.90. The van der Waals surface area contributed by atoms with Crippen molar-refractivity contribution < 1.29 is 19.3 Å². The number of benzene rings is 3. The van der Waals surface area contributed by atoms with E-state index in [2.05, 4.69) is 72.8 Å². The molecule has 30 heavy (non-hydrogen) atoms. The molecule has 2 atom stereocenters. The van der Waals surface area contributed by atoms with Gasteiger partial charge in [0, 0.05) is 11.1 Å². The topological polar surface area (TPSA) is 61.2 Å². The molecule has 154 valence electrons. The number of rotatable bonds is 8. The molecule has 1 saturated heterocycles. The second-order valence-electron chi connectivity index (χ2n) is 7.90. The Morgan fingerprint density at radius 2 is 1.30 bits per heavy atom. The van der Waals surface area contributed by atoms with E-state index in [1.165, 1.54) is 16.7 Å². The number of nitrogens with two attached hydrogens (primary N) is 1. The van der Waals surface area contributed by atoms with Crippen molar-refractivity contribution in [3.63, 3.8) is 0 Å². The lowest BCUT2D eigenvalue weighted by Crippen LogP contribution is -3.22. The van der Waals surface area contributed by atoms with Gasteiger partial charge in [-0.15, -0.1) is 0 Å². The molecule has 1 aliphatic rings. The van der Waals surface area contributed by atoms with Crippen LogP contribution in [0.5, 0.6) is 5.75 Å². The summed E-state index contributed by atoms with van der Waals surface area (Å²) in [6.45, 7) is 4.16. The maximum Gasteiger partial charge on any atom is 0.255 e. The monoisotopic (exact) mass is 403 g/mol. The van der Waals surface area contributed by atoms with Gasteiger partial charge < -0.3 is 10.5 Å². The molecule has 1 amide bonds. The zero-order valence-electron chi connectivity index (χ0n) is 17.1. The van der Waals surface area contributed by atoms with Crippen LogP contribution in [0.2, 0.25) is 0 Å². The highest BCUT2D eigenvalue weighted by molar-refractivity contribution is 5.75. The van der Waals surface area contributed by atoms with Gasteiger partial charge in [0.15, 0.2) is 6.61 Å². The molecular weight excluding hydrogens is 374 g/mol. The lowest BCUT2D eigenvalue weighted by atomic mass is 10.1. The average molecular weight is 404 g/mol. The first kappa shape index (κ1) is 20.1. The highest BCUT2D eigenvalue weighted by Crippen LogP contribution is 2.15. The number of hydrogen-bond donors (Lipinski definition) is 3. The number of amides is 1. The predicted molar refractivity (Wildman–Crippen MR) is 116 cm³/mol. The quantitative estimate of drug-likeness (QED) is 0.519. The van der Waals surface area contributed by atoms with E-state index in [1.807, 2.05) is 12.1 Å². The molecule has 3 aromatic carbocycles. The van der Waals surface area contributed by atoms with Gasteiger partial charge in [-0.2, -0.15) is 0 Å². The number of primary amides is 1. The van der Waals surface area contributed by atoms with Crippen molar-refractivity contribution in [3.8, 4) is 5.75 Å². The third-order valence-corrected chi connectivity index (χ3v) is 5.73. The lowest BCUT2D eigenvalue weighted by molar-refractivity contribution is -1.09. The van der Waals surface area contributed by atoms with Gasteiger partial charge in [0.1, 0.15) is 31.9 Å². The molecule has 1 aliphatic heterocycles. The first-order chi connectivity index (χ1) is 14.7. The molecule has 0 bridgehead atoms. The average Bonchev–Trinajstić information content (AvgIpc) is 3.16. The number of ether oxygens (including phenoxy) is 1. The Balaban J connectivity index is 1.56. The van der Waals surface area contributed by atoms with Crippen molar-refractivity contribution in [1.29, 1.82) is 0 Å². The molecule has 0 saturated carbocycles. The summed E-state index contributed by atoms with van der Waals surface area (Å²) in [7, 11) is 0. The largest absolute Gasteiger partial charge is 0.484 e. The van der Waals surface area contributed by atoms with Crippen LogP contribution in [-0.4, -0.2) is 25.6 Å². The van der Waals surface area contributed by atoms with Gasteiger partial charge in [0.25, 0.3) is 5.91 Å². The molecule has 0 radical (unpaired) electrons. The normalized spacial score (nSPS) is 20.7. The van der Waals surface area contributed by atoms with Gasteiger partial charge in [-0.05, 0) is 24.3 Å². The predicted octanol–water partition coefficient (Wildman–Crippen LogP) is 0.733. The zero-order chi connectivity index (χ0) is 20.8. The van der Waals surface area contributed by atoms with Gasteiger partial charge in [-0.3, -0.25) is 14.6 Å². The van der Waals surface area contributed by atoms with Crippen molar-refractivity contribution in [3.05, 3.63) is 102 Å². The van der Waals surface area contributed by atoms with E-state index in [0.29, 0.717) is 11.9 Å². The van der Waals surface area contributed by atoms with E-state index in [0.717, 1.165) is 26.2 Å². The van der Waals surface area contributed by atoms with Crippen LogP contribution in [-0.2, 0) is 17.9 Å². The van der Waals surface area contributed by atoms with Crippen LogP contribution in [0.4, 0.5) is 0 Å². The van der Waals surface area contributed by atoms with Crippen LogP contribution in [0.25, 0.3) is 0 Å². The molecule has 1 heterocycles. The van der Waals surface area contributed by atoms with Gasteiger partial charge in [-0.1, -0.05) is 60.7 Å². The number of carbonyl (C=O) groups excluding carboxylic acids is 1. The molecule has 0 aliphatic carbocycles. The summed E-state index contributed by atoms with van der Waals surface area (Å²) in [5.74, 6) is 0.205. The number of carbonyl (C=O) groups is 1. The first-order valence-corrected chi connectivity index (χ1v) is 10.5. The fourth-order valence-electron chi connectivity index (χ4n) is 4.38. The SMILES string of the molecule is NC(=O)COc1ccc(C2[NH+](Cc3ccccc3)CC[NH+]2Cc2ccccc2)cc1. The van der Waals surface area contributed by atoms with Crippen molar-refractivity contribution in [1.82, 2.24) is 0 Å². The second kappa shape index (κ2) is 9.57. The lowest BCUT2D eigenvalue weighted by Gasteiger charge is -2.25. The standard InChI is InChI=1S/C25H27N3O2/c26-24(29)19-30-23-13-11-22(12-14-23)25-27(17-20-7-3-1-4-8-20)15-16-28(25)18-21-9-5-2-6-10-21/h1-14,25H,15-19H2,(H2,26,29)/p+2. The van der Waals surface area contributed by atoms with Crippen LogP contribution >= 0.6 is 0 Å². The summed E-state index contributed by atoms with van der Waals surface area (Å²) >= 11 is 0. The molecule has 0 aromatic heterocycles. The minimum Gasteiger partial charge on any atom is -0.484 e. The minimum atomic E-state index is -0.466. The van der Waals surface area contributed by atoms with Crippen molar-refractivity contribution in [2.24, 2.45) is 5.73 Å². The maximum atomic E-state index is 11.0. The molecule has 5 heteroatoms. The Kier molecular flexibility index (Phi) is 6.42. The van der Waals surface area contributed by atoms with E-state index < -0.39 is 5.91 Å². The highest BCUT2D eigenvalue weighted by Gasteiger charge is 2.40. The number of nitrogens with one attached hydrogen (secondary N) is 2. The van der Waals surface area contributed by atoms with Gasteiger partial charge in [0.2, 0.25) is 6.17 Å². The molecule has 1 fully saturated rings. The summed E-state index contributed by atoms with van der Waals surface area (Å²) in [4.78, 5) is 14.1. The Morgan fingerprint density at radius 3 is 1.77 bits per heavy atom. The highest BCUT2D eigenvalue weighted by atomic mass is 16.5. The summed E-state index contributed by atoms with van der Waals surface area (Å²) < 4.78 is 5.44. The van der Waals surface area contributed by atoms with E-state index in [9.17, 15) is 4.79 Å². The fraction of sp³-hybridized carbons (Fsp3) is 0.240. The molecule has 4 rings (SSSR count).